The summed E-state index contributed by atoms with van der Waals surface area (Å²) in [6.45, 7) is 6.66. The number of carbonyl (C=O) groups is 1. The standard InChI is InChI=1S/C16H22N2O2/c1-16(11-20-12-16)10-17-9-13-4-6-14(7-5-13)18-8-2-3-15(18)19/h4-7,17H,2-3,8-12H2,1H3. The Bertz CT molecular complexity index is 480. The van der Waals surface area contributed by atoms with Crippen LogP contribution in [0.4, 0.5) is 5.69 Å². The number of nitrogens with one attached hydrogen (secondary N) is 1. The van der Waals surface area contributed by atoms with Crippen LogP contribution in [-0.4, -0.2) is 32.2 Å². The van der Waals surface area contributed by atoms with Gasteiger partial charge in [-0.2, -0.15) is 0 Å². The molecule has 2 saturated heterocycles. The van der Waals surface area contributed by atoms with Crippen molar-refractivity contribution in [3.05, 3.63) is 29.8 Å². The van der Waals surface area contributed by atoms with E-state index in [1.54, 1.807) is 0 Å². The number of carbonyl (C=O) groups excluding carboxylic acids is 1. The lowest BCUT2D eigenvalue weighted by atomic mass is 9.89. The first-order valence-electron chi connectivity index (χ1n) is 7.34. The van der Waals surface area contributed by atoms with Crippen molar-refractivity contribution in [2.24, 2.45) is 5.41 Å². The molecule has 0 bridgehead atoms. The van der Waals surface area contributed by atoms with Crippen molar-refractivity contribution < 1.29 is 9.53 Å². The lowest BCUT2D eigenvalue weighted by molar-refractivity contribution is -0.117. The van der Waals surface area contributed by atoms with Crippen LogP contribution in [0.3, 0.4) is 0 Å². The van der Waals surface area contributed by atoms with Crippen molar-refractivity contribution >= 4 is 11.6 Å². The van der Waals surface area contributed by atoms with Crippen LogP contribution in [0.15, 0.2) is 24.3 Å². The van der Waals surface area contributed by atoms with Gasteiger partial charge in [-0.3, -0.25) is 4.79 Å². The lowest BCUT2D eigenvalue weighted by Gasteiger charge is -2.38. The highest BCUT2D eigenvalue weighted by atomic mass is 16.5. The minimum absolute atomic E-state index is 0.244. The Labute approximate surface area is 120 Å². The van der Waals surface area contributed by atoms with E-state index in [2.05, 4.69) is 36.5 Å². The molecular formula is C16H22N2O2. The fourth-order valence-electron chi connectivity index (χ4n) is 2.78. The van der Waals surface area contributed by atoms with E-state index in [0.717, 1.165) is 45.0 Å². The quantitative estimate of drug-likeness (QED) is 0.892. The van der Waals surface area contributed by atoms with E-state index in [1.165, 1.54) is 5.56 Å². The van der Waals surface area contributed by atoms with Crippen molar-refractivity contribution in [1.29, 1.82) is 0 Å². The SMILES string of the molecule is CC1(CNCc2ccc(N3CCCC3=O)cc2)COC1. The van der Waals surface area contributed by atoms with Gasteiger partial charge < -0.3 is 15.0 Å². The largest absolute Gasteiger partial charge is 0.380 e. The summed E-state index contributed by atoms with van der Waals surface area (Å²) in [4.78, 5) is 13.6. The zero-order valence-electron chi connectivity index (χ0n) is 12.0. The molecule has 3 rings (SSSR count). The lowest BCUT2D eigenvalue weighted by Crippen LogP contribution is -2.47. The maximum Gasteiger partial charge on any atom is 0.227 e. The third-order valence-electron chi connectivity index (χ3n) is 4.10. The summed E-state index contributed by atoms with van der Waals surface area (Å²) in [5.41, 5.74) is 2.59. The molecule has 1 aromatic carbocycles. The summed E-state index contributed by atoms with van der Waals surface area (Å²) in [5.74, 6) is 0.244. The molecule has 1 aromatic rings. The molecule has 0 saturated carbocycles. The number of benzene rings is 1. The van der Waals surface area contributed by atoms with Crippen molar-refractivity contribution in [2.45, 2.75) is 26.3 Å². The van der Waals surface area contributed by atoms with Gasteiger partial charge in [-0.15, -0.1) is 0 Å². The molecule has 2 aliphatic heterocycles. The molecule has 0 aromatic heterocycles. The van der Waals surface area contributed by atoms with Gasteiger partial charge in [0, 0.05) is 37.2 Å². The second-order valence-corrected chi connectivity index (χ2v) is 6.22. The van der Waals surface area contributed by atoms with Gasteiger partial charge in [0.2, 0.25) is 5.91 Å². The van der Waals surface area contributed by atoms with E-state index in [1.807, 2.05) is 4.90 Å². The van der Waals surface area contributed by atoms with Crippen LogP contribution >= 0.6 is 0 Å². The molecule has 0 unspecified atom stereocenters. The van der Waals surface area contributed by atoms with Crippen LogP contribution in [0.25, 0.3) is 0 Å². The van der Waals surface area contributed by atoms with Crippen molar-refractivity contribution in [1.82, 2.24) is 5.32 Å². The topological polar surface area (TPSA) is 41.6 Å². The summed E-state index contributed by atoms with van der Waals surface area (Å²) >= 11 is 0. The molecule has 108 valence electrons. The highest BCUT2D eigenvalue weighted by Gasteiger charge is 2.32. The third-order valence-corrected chi connectivity index (χ3v) is 4.10. The van der Waals surface area contributed by atoms with Gasteiger partial charge in [-0.25, -0.2) is 0 Å². The molecule has 1 amide bonds. The predicted molar refractivity (Wildman–Crippen MR) is 78.7 cm³/mol. The van der Waals surface area contributed by atoms with E-state index in [4.69, 9.17) is 4.74 Å². The highest BCUT2D eigenvalue weighted by Crippen LogP contribution is 2.25. The Morgan fingerprint density at radius 2 is 2.05 bits per heavy atom. The Hall–Kier alpha value is -1.39. The zero-order valence-corrected chi connectivity index (χ0v) is 12.0. The average Bonchev–Trinajstić information content (AvgIpc) is 2.84. The Morgan fingerprint density at radius 3 is 2.60 bits per heavy atom. The van der Waals surface area contributed by atoms with Crippen LogP contribution < -0.4 is 10.2 Å². The number of amides is 1. The summed E-state index contributed by atoms with van der Waals surface area (Å²) in [7, 11) is 0. The van der Waals surface area contributed by atoms with Crippen molar-refractivity contribution in [2.75, 3.05) is 31.2 Å². The first-order chi connectivity index (χ1) is 9.66. The Balaban J connectivity index is 1.52. The smallest absolute Gasteiger partial charge is 0.227 e. The van der Waals surface area contributed by atoms with Gasteiger partial charge in [0.15, 0.2) is 0 Å². The first kappa shape index (κ1) is 13.6. The molecule has 0 atom stereocenters. The second kappa shape index (κ2) is 5.54. The number of nitrogens with zero attached hydrogens (tertiary/aromatic N) is 1. The minimum Gasteiger partial charge on any atom is -0.380 e. The summed E-state index contributed by atoms with van der Waals surface area (Å²) in [5, 5.41) is 3.48. The monoisotopic (exact) mass is 274 g/mol. The average molecular weight is 274 g/mol. The van der Waals surface area contributed by atoms with E-state index >= 15 is 0 Å². The van der Waals surface area contributed by atoms with Gasteiger partial charge in [0.25, 0.3) is 0 Å². The fourth-order valence-corrected chi connectivity index (χ4v) is 2.78. The fraction of sp³-hybridized carbons (Fsp3) is 0.562. The molecule has 20 heavy (non-hydrogen) atoms. The molecule has 4 heteroatoms. The second-order valence-electron chi connectivity index (χ2n) is 6.22. The summed E-state index contributed by atoms with van der Waals surface area (Å²) < 4.78 is 5.25. The van der Waals surface area contributed by atoms with E-state index in [-0.39, 0.29) is 5.91 Å². The van der Waals surface area contributed by atoms with E-state index in [9.17, 15) is 4.79 Å². The van der Waals surface area contributed by atoms with Gasteiger partial charge >= 0.3 is 0 Å². The highest BCUT2D eigenvalue weighted by molar-refractivity contribution is 5.95. The zero-order chi connectivity index (χ0) is 14.0. The van der Waals surface area contributed by atoms with Crippen LogP contribution in [0.1, 0.15) is 25.3 Å². The van der Waals surface area contributed by atoms with Crippen LogP contribution in [-0.2, 0) is 16.1 Å². The number of hydrogen-bond donors (Lipinski definition) is 1. The summed E-state index contributed by atoms with van der Waals surface area (Å²) in [6, 6.07) is 8.31. The van der Waals surface area contributed by atoms with E-state index < -0.39 is 0 Å². The van der Waals surface area contributed by atoms with Gasteiger partial charge in [-0.1, -0.05) is 19.1 Å². The minimum atomic E-state index is 0.244. The van der Waals surface area contributed by atoms with Crippen LogP contribution in [0, 0.1) is 5.41 Å². The maximum absolute atomic E-state index is 11.7. The molecule has 2 fully saturated rings. The molecule has 0 spiro atoms. The van der Waals surface area contributed by atoms with Crippen molar-refractivity contribution in [3.63, 3.8) is 0 Å². The van der Waals surface area contributed by atoms with Gasteiger partial charge in [0.05, 0.1) is 13.2 Å². The maximum atomic E-state index is 11.7. The summed E-state index contributed by atoms with van der Waals surface area (Å²) in [6.07, 6.45) is 1.66. The number of rotatable bonds is 5. The predicted octanol–water partition coefficient (Wildman–Crippen LogP) is 1.94. The third kappa shape index (κ3) is 2.86. The molecule has 0 aliphatic carbocycles. The van der Waals surface area contributed by atoms with Crippen LogP contribution in [0.2, 0.25) is 0 Å². The van der Waals surface area contributed by atoms with Gasteiger partial charge in [-0.05, 0) is 24.1 Å². The Morgan fingerprint density at radius 1 is 1.30 bits per heavy atom. The Kier molecular flexibility index (Phi) is 3.76. The van der Waals surface area contributed by atoms with Crippen molar-refractivity contribution in [3.8, 4) is 0 Å². The number of ether oxygens (including phenoxy) is 1. The number of anilines is 1. The number of hydrogen-bond acceptors (Lipinski definition) is 3. The molecule has 1 N–H and O–H groups in total. The van der Waals surface area contributed by atoms with E-state index in [0.29, 0.717) is 11.8 Å². The molecule has 4 nitrogen and oxygen atoms in total. The molecule has 0 radical (unpaired) electrons. The molecule has 2 aliphatic rings. The van der Waals surface area contributed by atoms with Crippen LogP contribution in [0.5, 0.6) is 0 Å². The molecular weight excluding hydrogens is 252 g/mol. The molecule has 2 heterocycles. The normalized spacial score (nSPS) is 21.1. The van der Waals surface area contributed by atoms with Gasteiger partial charge in [0.1, 0.15) is 0 Å². The first-order valence-corrected chi connectivity index (χ1v) is 7.34.